The van der Waals surface area contributed by atoms with E-state index >= 15 is 0 Å². The molecule has 1 saturated heterocycles. The van der Waals surface area contributed by atoms with Crippen LogP contribution in [0.1, 0.15) is 48.0 Å². The average molecular weight is 330 g/mol. The number of aryl methyl sites for hydroxylation is 3. The number of hydrogen-bond donors (Lipinski definition) is 0. The largest absolute Gasteiger partial charge is 0.342 e. The summed E-state index contributed by atoms with van der Waals surface area (Å²) in [6, 6.07) is 0. The summed E-state index contributed by atoms with van der Waals surface area (Å²) in [7, 11) is 3.91. The first-order chi connectivity index (χ1) is 11.5. The van der Waals surface area contributed by atoms with Crippen LogP contribution < -0.4 is 0 Å². The summed E-state index contributed by atoms with van der Waals surface area (Å²) in [5, 5.41) is 12.6. The highest BCUT2D eigenvalue weighted by atomic mass is 16.2. The molecule has 0 bridgehead atoms. The molecule has 0 spiro atoms. The van der Waals surface area contributed by atoms with Crippen molar-refractivity contribution in [2.45, 2.75) is 45.4 Å². The Labute approximate surface area is 142 Å². The van der Waals surface area contributed by atoms with Crippen molar-refractivity contribution in [1.82, 2.24) is 29.4 Å². The number of nitrogens with zero attached hydrogens (tertiary/aromatic N) is 6. The number of carbonyl (C=O) groups excluding carboxylic acids is 1. The zero-order valence-electron chi connectivity index (χ0n) is 15.0. The fourth-order valence-corrected chi connectivity index (χ4v) is 3.65. The highest BCUT2D eigenvalue weighted by molar-refractivity contribution is 5.76. The van der Waals surface area contributed by atoms with Crippen LogP contribution in [-0.2, 0) is 25.3 Å². The summed E-state index contributed by atoms with van der Waals surface area (Å²) in [6.07, 6.45) is 5.11. The number of amides is 1. The third-order valence-corrected chi connectivity index (χ3v) is 5.13. The first-order valence-electron chi connectivity index (χ1n) is 8.58. The SMILES string of the molecule is Cc1nn(C)c(C)c1CCC(=O)N1CCC[C@@H](c2nncn2C)C1. The molecule has 3 rings (SSSR count). The standard InChI is InChI=1S/C17H26N6O/c1-12-15(13(2)22(4)20-12)7-8-16(24)23-9-5-6-14(10-23)17-19-18-11-21(17)3/h11,14H,5-10H2,1-4H3/t14-/m1/s1. The van der Waals surface area contributed by atoms with E-state index in [1.54, 1.807) is 6.33 Å². The third kappa shape index (κ3) is 3.20. The van der Waals surface area contributed by atoms with Crippen molar-refractivity contribution in [2.75, 3.05) is 13.1 Å². The normalized spacial score (nSPS) is 18.2. The summed E-state index contributed by atoms with van der Waals surface area (Å²) in [5.74, 6) is 1.49. The van der Waals surface area contributed by atoms with Crippen molar-refractivity contribution in [3.63, 3.8) is 0 Å². The topological polar surface area (TPSA) is 68.8 Å². The van der Waals surface area contributed by atoms with Gasteiger partial charge in [-0.25, -0.2) is 0 Å². The Hall–Kier alpha value is -2.18. The second-order valence-electron chi connectivity index (χ2n) is 6.75. The third-order valence-electron chi connectivity index (χ3n) is 5.13. The molecule has 0 aliphatic carbocycles. The summed E-state index contributed by atoms with van der Waals surface area (Å²) < 4.78 is 3.85. The number of hydrogen-bond acceptors (Lipinski definition) is 4. The van der Waals surface area contributed by atoms with Crippen LogP contribution in [-0.4, -0.2) is 48.4 Å². The Balaban J connectivity index is 1.61. The highest BCUT2D eigenvalue weighted by Gasteiger charge is 2.27. The van der Waals surface area contributed by atoms with Crippen LogP contribution in [0.2, 0.25) is 0 Å². The Morgan fingerprint density at radius 3 is 2.75 bits per heavy atom. The van der Waals surface area contributed by atoms with Crippen molar-refractivity contribution in [3.8, 4) is 0 Å². The Kier molecular flexibility index (Phi) is 4.69. The van der Waals surface area contributed by atoms with Crippen molar-refractivity contribution in [3.05, 3.63) is 29.1 Å². The smallest absolute Gasteiger partial charge is 0.222 e. The minimum Gasteiger partial charge on any atom is -0.342 e. The second kappa shape index (κ2) is 6.75. The molecular formula is C17H26N6O. The van der Waals surface area contributed by atoms with Gasteiger partial charge in [0.2, 0.25) is 5.91 Å². The van der Waals surface area contributed by atoms with Crippen LogP contribution in [0.25, 0.3) is 0 Å². The first kappa shape index (κ1) is 16.7. The van der Waals surface area contributed by atoms with Crippen molar-refractivity contribution in [2.24, 2.45) is 14.1 Å². The van der Waals surface area contributed by atoms with E-state index in [1.165, 1.54) is 5.56 Å². The lowest BCUT2D eigenvalue weighted by molar-refractivity contribution is -0.132. The maximum Gasteiger partial charge on any atom is 0.222 e. The van der Waals surface area contributed by atoms with Gasteiger partial charge in [0.1, 0.15) is 12.2 Å². The fourth-order valence-electron chi connectivity index (χ4n) is 3.65. The molecule has 1 atom stereocenters. The molecule has 130 valence electrons. The highest BCUT2D eigenvalue weighted by Crippen LogP contribution is 2.25. The molecule has 0 unspecified atom stereocenters. The zero-order chi connectivity index (χ0) is 17.3. The van der Waals surface area contributed by atoms with E-state index in [1.807, 2.05) is 35.2 Å². The molecule has 1 amide bonds. The van der Waals surface area contributed by atoms with Gasteiger partial charge in [0, 0.05) is 45.2 Å². The van der Waals surface area contributed by atoms with Crippen molar-refractivity contribution < 1.29 is 4.79 Å². The maximum absolute atomic E-state index is 12.7. The Bertz CT molecular complexity index is 732. The molecule has 0 saturated carbocycles. The molecule has 1 aliphatic heterocycles. The van der Waals surface area contributed by atoms with E-state index in [-0.39, 0.29) is 11.8 Å². The van der Waals surface area contributed by atoms with Crippen LogP contribution in [0.5, 0.6) is 0 Å². The lowest BCUT2D eigenvalue weighted by atomic mass is 9.96. The maximum atomic E-state index is 12.7. The second-order valence-corrected chi connectivity index (χ2v) is 6.75. The van der Waals surface area contributed by atoms with E-state index in [2.05, 4.69) is 22.2 Å². The summed E-state index contributed by atoms with van der Waals surface area (Å²) in [4.78, 5) is 14.6. The van der Waals surface area contributed by atoms with Gasteiger partial charge >= 0.3 is 0 Å². The number of likely N-dealkylation sites (tertiary alicyclic amines) is 1. The molecule has 1 aliphatic rings. The molecule has 7 heteroatoms. The average Bonchev–Trinajstić information content (AvgIpc) is 3.09. The number of aromatic nitrogens is 5. The minimum absolute atomic E-state index is 0.226. The van der Waals surface area contributed by atoms with Crippen LogP contribution in [0.15, 0.2) is 6.33 Å². The van der Waals surface area contributed by atoms with Gasteiger partial charge in [0.05, 0.1) is 5.69 Å². The molecule has 7 nitrogen and oxygen atoms in total. The molecule has 0 aromatic carbocycles. The number of carbonyl (C=O) groups is 1. The van der Waals surface area contributed by atoms with E-state index in [0.29, 0.717) is 6.42 Å². The van der Waals surface area contributed by atoms with Crippen molar-refractivity contribution >= 4 is 5.91 Å². The van der Waals surface area contributed by atoms with E-state index in [0.717, 1.165) is 49.6 Å². The molecule has 0 radical (unpaired) electrons. The summed E-state index contributed by atoms with van der Waals surface area (Å²) in [5.41, 5.74) is 3.38. The predicted octanol–water partition coefficient (Wildman–Crippen LogP) is 1.50. The van der Waals surface area contributed by atoms with Gasteiger partial charge in [-0.05, 0) is 38.7 Å². The van der Waals surface area contributed by atoms with Gasteiger partial charge in [-0.3, -0.25) is 9.48 Å². The molecular weight excluding hydrogens is 304 g/mol. The van der Waals surface area contributed by atoms with Gasteiger partial charge in [-0.1, -0.05) is 0 Å². The van der Waals surface area contributed by atoms with E-state index in [4.69, 9.17) is 0 Å². The van der Waals surface area contributed by atoms with Gasteiger partial charge in [-0.2, -0.15) is 5.10 Å². The molecule has 2 aromatic rings. The van der Waals surface area contributed by atoms with E-state index in [9.17, 15) is 4.79 Å². The quantitative estimate of drug-likeness (QED) is 0.852. The monoisotopic (exact) mass is 330 g/mol. The molecule has 24 heavy (non-hydrogen) atoms. The van der Waals surface area contributed by atoms with Crippen LogP contribution in [0.3, 0.4) is 0 Å². The molecule has 2 aromatic heterocycles. The van der Waals surface area contributed by atoms with Crippen LogP contribution in [0.4, 0.5) is 0 Å². The fraction of sp³-hybridized carbons (Fsp3) is 0.647. The van der Waals surface area contributed by atoms with Crippen LogP contribution in [0, 0.1) is 13.8 Å². The number of rotatable bonds is 4. The van der Waals surface area contributed by atoms with Gasteiger partial charge < -0.3 is 9.47 Å². The predicted molar refractivity (Wildman–Crippen MR) is 90.6 cm³/mol. The zero-order valence-corrected chi connectivity index (χ0v) is 15.0. The molecule has 3 heterocycles. The minimum atomic E-state index is 0.226. The molecule has 0 N–H and O–H groups in total. The van der Waals surface area contributed by atoms with Gasteiger partial charge in [0.25, 0.3) is 0 Å². The van der Waals surface area contributed by atoms with Crippen molar-refractivity contribution in [1.29, 1.82) is 0 Å². The van der Waals surface area contributed by atoms with Gasteiger partial charge in [0.15, 0.2) is 0 Å². The first-order valence-corrected chi connectivity index (χ1v) is 8.58. The Morgan fingerprint density at radius 2 is 2.12 bits per heavy atom. The summed E-state index contributed by atoms with van der Waals surface area (Å²) >= 11 is 0. The lowest BCUT2D eigenvalue weighted by Gasteiger charge is -2.32. The Morgan fingerprint density at radius 1 is 1.33 bits per heavy atom. The number of piperidine rings is 1. The lowest BCUT2D eigenvalue weighted by Crippen LogP contribution is -2.39. The van der Waals surface area contributed by atoms with Gasteiger partial charge in [-0.15, -0.1) is 10.2 Å². The summed E-state index contributed by atoms with van der Waals surface area (Å²) in [6.45, 7) is 5.66. The van der Waals surface area contributed by atoms with Crippen LogP contribution >= 0.6 is 0 Å². The molecule has 1 fully saturated rings. The van der Waals surface area contributed by atoms with E-state index < -0.39 is 0 Å².